The van der Waals surface area contributed by atoms with E-state index in [1.165, 1.54) is 6.92 Å². The molecule has 27 heavy (non-hydrogen) atoms. The molecule has 0 bridgehead atoms. The number of ether oxygens (including phenoxy) is 1. The fourth-order valence-corrected chi connectivity index (χ4v) is 3.64. The smallest absolute Gasteiger partial charge is 0.224 e. The number of methoxy groups -OCH3 is 1. The molecule has 0 aliphatic carbocycles. The van der Waals surface area contributed by atoms with Crippen LogP contribution in [0.3, 0.4) is 0 Å². The van der Waals surface area contributed by atoms with E-state index in [0.29, 0.717) is 0 Å². The summed E-state index contributed by atoms with van der Waals surface area (Å²) in [5, 5.41) is 6.32. The molecule has 2 N–H and O–H groups in total. The Morgan fingerprint density at radius 3 is 2.33 bits per heavy atom. The lowest BCUT2D eigenvalue weighted by molar-refractivity contribution is -0.117. The molecule has 0 aromatic heterocycles. The molecule has 0 fully saturated rings. The summed E-state index contributed by atoms with van der Waals surface area (Å²) in [6, 6.07) is 13.5. The first-order valence-corrected chi connectivity index (χ1v) is 9.01. The number of benzene rings is 2. The topological polar surface area (TPSA) is 70.7 Å². The number of hydrogen-bond donors (Lipinski definition) is 2. The molecule has 2 amide bonds. The van der Waals surface area contributed by atoms with Gasteiger partial charge in [-0.15, -0.1) is 0 Å². The lowest BCUT2D eigenvalue weighted by Crippen LogP contribution is -2.43. The van der Waals surface area contributed by atoms with Gasteiger partial charge in [-0.3, -0.25) is 9.59 Å². The number of anilines is 3. The molecule has 3 rings (SSSR count). The third-order valence-electron chi connectivity index (χ3n) is 4.77. The van der Waals surface area contributed by atoms with Gasteiger partial charge in [0.1, 0.15) is 5.75 Å². The van der Waals surface area contributed by atoms with Crippen LogP contribution in [0.2, 0.25) is 0 Å². The van der Waals surface area contributed by atoms with Crippen LogP contribution in [0, 0.1) is 0 Å². The Morgan fingerprint density at radius 1 is 1.07 bits per heavy atom. The molecule has 2 atom stereocenters. The summed E-state index contributed by atoms with van der Waals surface area (Å²) in [7, 11) is 1.64. The summed E-state index contributed by atoms with van der Waals surface area (Å²) in [5.41, 5.74) is 3.66. The Hall–Kier alpha value is -3.02. The minimum Gasteiger partial charge on any atom is -0.497 e. The zero-order valence-electron chi connectivity index (χ0n) is 16.1. The van der Waals surface area contributed by atoms with Crippen LogP contribution >= 0.6 is 0 Å². The maximum Gasteiger partial charge on any atom is 0.224 e. The van der Waals surface area contributed by atoms with Gasteiger partial charge in [-0.05, 0) is 55.8 Å². The summed E-state index contributed by atoms with van der Waals surface area (Å²) in [4.78, 5) is 25.2. The van der Waals surface area contributed by atoms with Crippen molar-refractivity contribution in [1.82, 2.24) is 0 Å². The van der Waals surface area contributed by atoms with Crippen LogP contribution in [-0.4, -0.2) is 25.0 Å². The number of nitrogens with zero attached hydrogens (tertiary/aromatic N) is 1. The first-order valence-electron chi connectivity index (χ1n) is 9.01. The van der Waals surface area contributed by atoms with Crippen LogP contribution in [0.5, 0.6) is 5.75 Å². The fourth-order valence-electron chi connectivity index (χ4n) is 3.64. The first-order chi connectivity index (χ1) is 12.9. The number of fused-ring (bicyclic) bond motifs is 1. The Labute approximate surface area is 159 Å². The van der Waals surface area contributed by atoms with Crippen molar-refractivity contribution < 1.29 is 14.3 Å². The molecule has 142 valence electrons. The molecule has 6 nitrogen and oxygen atoms in total. The highest BCUT2D eigenvalue weighted by atomic mass is 16.5. The van der Waals surface area contributed by atoms with Crippen molar-refractivity contribution in [3.63, 3.8) is 0 Å². The Bertz CT molecular complexity index is 848. The zero-order valence-corrected chi connectivity index (χ0v) is 16.1. The van der Waals surface area contributed by atoms with Crippen LogP contribution in [0.1, 0.15) is 38.8 Å². The van der Waals surface area contributed by atoms with E-state index in [4.69, 9.17) is 4.74 Å². The molecule has 2 aromatic carbocycles. The highest BCUT2D eigenvalue weighted by molar-refractivity contribution is 5.94. The van der Waals surface area contributed by atoms with E-state index < -0.39 is 0 Å². The number of rotatable bonds is 4. The standard InChI is InChI=1S/C21H25N3O3/c1-13-11-20(23-17-7-5-16(6-8-17)22-14(2)25)19-12-18(27-4)9-10-21(19)24(13)15(3)26/h5-10,12-13,20,23H,11H2,1-4H3,(H,22,25)/t13-,20+/m0/s1. The normalized spacial score (nSPS) is 18.4. The van der Waals surface area contributed by atoms with Crippen LogP contribution < -0.4 is 20.3 Å². The van der Waals surface area contributed by atoms with Gasteiger partial charge in [0, 0.05) is 42.5 Å². The number of nitrogens with one attached hydrogen (secondary N) is 2. The van der Waals surface area contributed by atoms with Gasteiger partial charge in [-0.25, -0.2) is 0 Å². The molecule has 0 radical (unpaired) electrons. The summed E-state index contributed by atoms with van der Waals surface area (Å²) in [6.07, 6.45) is 0.785. The van der Waals surface area contributed by atoms with E-state index in [1.54, 1.807) is 14.0 Å². The van der Waals surface area contributed by atoms with Crippen LogP contribution in [0.4, 0.5) is 17.1 Å². The van der Waals surface area contributed by atoms with Gasteiger partial charge in [0.25, 0.3) is 0 Å². The maximum atomic E-state index is 12.2. The average Bonchev–Trinajstić information content (AvgIpc) is 2.62. The lowest BCUT2D eigenvalue weighted by atomic mass is 9.91. The van der Waals surface area contributed by atoms with Crippen molar-refractivity contribution in [3.05, 3.63) is 48.0 Å². The third-order valence-corrected chi connectivity index (χ3v) is 4.77. The first kappa shape index (κ1) is 18.8. The van der Waals surface area contributed by atoms with Crippen molar-refractivity contribution in [3.8, 4) is 5.75 Å². The minimum atomic E-state index is -0.0952. The van der Waals surface area contributed by atoms with Crippen molar-refractivity contribution in [2.45, 2.75) is 39.3 Å². The van der Waals surface area contributed by atoms with E-state index in [0.717, 1.165) is 34.8 Å². The molecule has 2 aromatic rings. The molecule has 0 unspecified atom stereocenters. The maximum absolute atomic E-state index is 12.2. The Kier molecular flexibility index (Phi) is 5.35. The van der Waals surface area contributed by atoms with E-state index in [-0.39, 0.29) is 23.9 Å². The quantitative estimate of drug-likeness (QED) is 0.858. The molecule has 1 heterocycles. The highest BCUT2D eigenvalue weighted by Gasteiger charge is 2.32. The van der Waals surface area contributed by atoms with Gasteiger partial charge in [0.05, 0.1) is 13.2 Å². The number of carbonyl (C=O) groups is 2. The molecular formula is C21H25N3O3. The van der Waals surface area contributed by atoms with E-state index in [1.807, 2.05) is 47.4 Å². The zero-order chi connectivity index (χ0) is 19.6. The van der Waals surface area contributed by atoms with Crippen LogP contribution in [0.25, 0.3) is 0 Å². The molecule has 6 heteroatoms. The fraction of sp³-hybridized carbons (Fsp3) is 0.333. The predicted octanol–water partition coefficient (Wildman–Crippen LogP) is 3.95. The Balaban J connectivity index is 1.90. The average molecular weight is 367 g/mol. The van der Waals surface area contributed by atoms with Gasteiger partial charge < -0.3 is 20.3 Å². The molecule has 0 saturated heterocycles. The SMILES string of the molecule is COc1ccc2c(c1)[C@H](Nc1ccc(NC(C)=O)cc1)C[C@H](C)N2C(C)=O. The monoisotopic (exact) mass is 367 g/mol. The van der Waals surface area contributed by atoms with Crippen molar-refractivity contribution >= 4 is 28.9 Å². The number of amides is 2. The minimum absolute atomic E-state index is 0.0343. The van der Waals surface area contributed by atoms with Crippen molar-refractivity contribution in [2.24, 2.45) is 0 Å². The highest BCUT2D eigenvalue weighted by Crippen LogP contribution is 2.40. The molecule has 1 aliphatic rings. The second kappa shape index (κ2) is 7.70. The van der Waals surface area contributed by atoms with E-state index in [9.17, 15) is 9.59 Å². The largest absolute Gasteiger partial charge is 0.497 e. The molecular weight excluding hydrogens is 342 g/mol. The Morgan fingerprint density at radius 2 is 1.74 bits per heavy atom. The summed E-state index contributed by atoms with van der Waals surface area (Å²) < 4.78 is 5.38. The molecule has 1 aliphatic heterocycles. The van der Waals surface area contributed by atoms with Gasteiger partial charge in [0.15, 0.2) is 0 Å². The van der Waals surface area contributed by atoms with Crippen LogP contribution in [-0.2, 0) is 9.59 Å². The lowest BCUT2D eigenvalue weighted by Gasteiger charge is -2.39. The number of hydrogen-bond acceptors (Lipinski definition) is 4. The number of carbonyl (C=O) groups excluding carboxylic acids is 2. The van der Waals surface area contributed by atoms with E-state index >= 15 is 0 Å². The van der Waals surface area contributed by atoms with Gasteiger partial charge in [-0.1, -0.05) is 0 Å². The third kappa shape index (κ3) is 4.05. The summed E-state index contributed by atoms with van der Waals surface area (Å²) >= 11 is 0. The predicted molar refractivity (Wildman–Crippen MR) is 107 cm³/mol. The van der Waals surface area contributed by atoms with Gasteiger partial charge >= 0.3 is 0 Å². The van der Waals surface area contributed by atoms with Crippen molar-refractivity contribution in [2.75, 3.05) is 22.6 Å². The van der Waals surface area contributed by atoms with Gasteiger partial charge in [-0.2, -0.15) is 0 Å². The second-order valence-corrected chi connectivity index (χ2v) is 6.85. The van der Waals surface area contributed by atoms with Gasteiger partial charge in [0.2, 0.25) is 11.8 Å². The molecule has 0 spiro atoms. The molecule has 0 saturated carbocycles. The van der Waals surface area contributed by atoms with E-state index in [2.05, 4.69) is 17.6 Å². The van der Waals surface area contributed by atoms with Crippen molar-refractivity contribution in [1.29, 1.82) is 0 Å². The van der Waals surface area contributed by atoms with Crippen LogP contribution in [0.15, 0.2) is 42.5 Å². The second-order valence-electron chi connectivity index (χ2n) is 6.85. The summed E-state index contributed by atoms with van der Waals surface area (Å²) in [5.74, 6) is 0.703. The summed E-state index contributed by atoms with van der Waals surface area (Å²) in [6.45, 7) is 5.14.